The molecule has 0 unspecified atom stereocenters. The number of benzene rings is 1. The topological polar surface area (TPSA) is 89.2 Å². The van der Waals surface area contributed by atoms with Gasteiger partial charge in [0.05, 0.1) is 29.5 Å². The van der Waals surface area contributed by atoms with Gasteiger partial charge in [0.25, 0.3) is 0 Å². The molecule has 0 bridgehead atoms. The summed E-state index contributed by atoms with van der Waals surface area (Å²) in [4.78, 5) is 33.4. The number of rotatable bonds is 7. The van der Waals surface area contributed by atoms with Crippen LogP contribution in [0.3, 0.4) is 0 Å². The summed E-state index contributed by atoms with van der Waals surface area (Å²) in [7, 11) is 0. The molecular weight excluding hydrogens is 292 g/mol. The number of para-hydroxylation sites is 2. The van der Waals surface area contributed by atoms with Crippen molar-refractivity contribution >= 4 is 28.9 Å². The van der Waals surface area contributed by atoms with Gasteiger partial charge in [-0.05, 0) is 24.6 Å². The van der Waals surface area contributed by atoms with E-state index in [4.69, 9.17) is 5.73 Å². The summed E-state index contributed by atoms with van der Waals surface area (Å²) in [5, 5.41) is 0. The van der Waals surface area contributed by atoms with Crippen LogP contribution in [-0.2, 0) is 9.59 Å². The van der Waals surface area contributed by atoms with Gasteiger partial charge in [-0.1, -0.05) is 25.5 Å². The molecule has 2 N–H and O–H groups in total. The van der Waals surface area contributed by atoms with Crippen LogP contribution in [-0.4, -0.2) is 39.8 Å². The quantitative estimate of drug-likeness (QED) is 0.789. The van der Waals surface area contributed by atoms with Gasteiger partial charge < -0.3 is 10.6 Å². The highest BCUT2D eigenvalue weighted by Crippen LogP contribution is 2.09. The molecule has 1 heterocycles. The molecule has 2 aromatic rings. The van der Waals surface area contributed by atoms with Crippen molar-refractivity contribution < 1.29 is 9.59 Å². The van der Waals surface area contributed by atoms with Crippen molar-refractivity contribution in [2.75, 3.05) is 13.1 Å². The number of hydrogen-bond donors (Lipinski definition) is 1. The maximum atomic E-state index is 12.2. The van der Waals surface area contributed by atoms with E-state index in [0.29, 0.717) is 12.2 Å². The minimum atomic E-state index is -0.520. The largest absolute Gasteiger partial charge is 0.368 e. The van der Waals surface area contributed by atoms with Crippen molar-refractivity contribution in [3.63, 3.8) is 0 Å². The zero-order valence-corrected chi connectivity index (χ0v) is 13.1. The molecule has 120 valence electrons. The van der Waals surface area contributed by atoms with Gasteiger partial charge >= 0.3 is 0 Å². The summed E-state index contributed by atoms with van der Waals surface area (Å²) in [6.07, 6.45) is 6.36. The number of primary amides is 1. The van der Waals surface area contributed by atoms with E-state index in [9.17, 15) is 9.59 Å². The van der Waals surface area contributed by atoms with E-state index in [0.717, 1.165) is 23.9 Å². The molecule has 2 amide bonds. The molecule has 0 aliphatic rings. The van der Waals surface area contributed by atoms with Gasteiger partial charge in [-0.2, -0.15) is 0 Å². The van der Waals surface area contributed by atoms with Crippen molar-refractivity contribution in [1.29, 1.82) is 0 Å². The number of nitrogens with zero attached hydrogens (tertiary/aromatic N) is 3. The number of amides is 2. The van der Waals surface area contributed by atoms with Crippen LogP contribution in [0.1, 0.15) is 25.5 Å². The molecule has 0 spiro atoms. The van der Waals surface area contributed by atoms with E-state index in [1.807, 2.05) is 31.2 Å². The Labute approximate surface area is 135 Å². The zero-order valence-electron chi connectivity index (χ0n) is 13.1. The summed E-state index contributed by atoms with van der Waals surface area (Å²) >= 11 is 0. The van der Waals surface area contributed by atoms with Crippen molar-refractivity contribution in [3.8, 4) is 0 Å². The number of nitrogens with two attached hydrogens (primary N) is 1. The molecule has 0 radical (unpaired) electrons. The van der Waals surface area contributed by atoms with Gasteiger partial charge in [0.15, 0.2) is 0 Å². The molecule has 6 nitrogen and oxygen atoms in total. The maximum Gasteiger partial charge on any atom is 0.247 e. The number of aromatic nitrogens is 2. The molecule has 0 saturated carbocycles. The van der Waals surface area contributed by atoms with Crippen molar-refractivity contribution in [1.82, 2.24) is 14.9 Å². The predicted octanol–water partition coefficient (Wildman–Crippen LogP) is 1.76. The number of unbranched alkanes of at least 4 members (excludes halogenated alkanes) is 1. The van der Waals surface area contributed by atoms with E-state index < -0.39 is 5.91 Å². The highest BCUT2D eigenvalue weighted by atomic mass is 16.2. The second-order valence-electron chi connectivity index (χ2n) is 5.20. The van der Waals surface area contributed by atoms with Crippen molar-refractivity contribution in [2.45, 2.75) is 19.8 Å². The minimum absolute atomic E-state index is 0.0768. The molecule has 6 heteroatoms. The third kappa shape index (κ3) is 4.88. The fourth-order valence-corrected chi connectivity index (χ4v) is 2.12. The highest BCUT2D eigenvalue weighted by Gasteiger charge is 2.12. The van der Waals surface area contributed by atoms with E-state index in [-0.39, 0.29) is 12.5 Å². The van der Waals surface area contributed by atoms with Crippen LogP contribution in [0.4, 0.5) is 0 Å². The lowest BCUT2D eigenvalue weighted by atomic mass is 10.2. The van der Waals surface area contributed by atoms with Crippen LogP contribution < -0.4 is 5.73 Å². The molecule has 0 saturated heterocycles. The second kappa shape index (κ2) is 8.03. The first kappa shape index (κ1) is 16.6. The Morgan fingerprint density at radius 1 is 1.26 bits per heavy atom. The molecule has 0 fully saturated rings. The van der Waals surface area contributed by atoms with E-state index in [2.05, 4.69) is 9.97 Å². The first-order valence-electron chi connectivity index (χ1n) is 7.57. The molecule has 0 aliphatic heterocycles. The first-order chi connectivity index (χ1) is 11.1. The van der Waals surface area contributed by atoms with Gasteiger partial charge in [0.1, 0.15) is 0 Å². The van der Waals surface area contributed by atoms with Crippen LogP contribution in [0, 0.1) is 0 Å². The second-order valence-corrected chi connectivity index (χ2v) is 5.20. The Kier molecular flexibility index (Phi) is 5.80. The van der Waals surface area contributed by atoms with Gasteiger partial charge in [-0.3, -0.25) is 14.6 Å². The molecule has 0 atom stereocenters. The Balaban J connectivity index is 2.11. The van der Waals surface area contributed by atoms with E-state index in [1.165, 1.54) is 11.0 Å². The highest BCUT2D eigenvalue weighted by molar-refractivity contribution is 5.94. The van der Waals surface area contributed by atoms with E-state index in [1.54, 1.807) is 12.3 Å². The SMILES string of the molecule is CCCCN(CC(N)=O)C(=O)C=Cc1cnc2ccccc2n1. The lowest BCUT2D eigenvalue weighted by Crippen LogP contribution is -2.38. The molecule has 23 heavy (non-hydrogen) atoms. The summed E-state index contributed by atoms with van der Waals surface area (Å²) in [5.41, 5.74) is 7.35. The summed E-state index contributed by atoms with van der Waals surface area (Å²) in [5.74, 6) is -0.777. The number of carbonyl (C=O) groups is 2. The Hall–Kier alpha value is -2.76. The monoisotopic (exact) mass is 312 g/mol. The zero-order chi connectivity index (χ0) is 16.7. The summed E-state index contributed by atoms with van der Waals surface area (Å²) in [6, 6.07) is 7.52. The van der Waals surface area contributed by atoms with Crippen molar-refractivity contribution in [3.05, 3.63) is 42.2 Å². The lowest BCUT2D eigenvalue weighted by molar-refractivity contribution is -0.131. The number of fused-ring (bicyclic) bond motifs is 1. The average molecular weight is 312 g/mol. The van der Waals surface area contributed by atoms with Gasteiger partial charge in [-0.25, -0.2) is 4.98 Å². The predicted molar refractivity (Wildman–Crippen MR) is 89.3 cm³/mol. The number of hydrogen-bond acceptors (Lipinski definition) is 4. The molecule has 0 aliphatic carbocycles. The van der Waals surface area contributed by atoms with Gasteiger partial charge in [-0.15, -0.1) is 0 Å². The third-order valence-corrected chi connectivity index (χ3v) is 3.30. The third-order valence-electron chi connectivity index (χ3n) is 3.30. The molecular formula is C17H20N4O2. The maximum absolute atomic E-state index is 12.2. The van der Waals surface area contributed by atoms with Crippen LogP contribution >= 0.6 is 0 Å². The van der Waals surface area contributed by atoms with Gasteiger partial charge in [0.2, 0.25) is 11.8 Å². The Bertz CT molecular complexity index is 727. The minimum Gasteiger partial charge on any atom is -0.368 e. The molecule has 1 aromatic carbocycles. The average Bonchev–Trinajstić information content (AvgIpc) is 2.56. The van der Waals surface area contributed by atoms with Crippen LogP contribution in [0.2, 0.25) is 0 Å². The number of carbonyl (C=O) groups excluding carboxylic acids is 2. The molecule has 1 aromatic heterocycles. The van der Waals surface area contributed by atoms with Crippen LogP contribution in [0.5, 0.6) is 0 Å². The first-order valence-corrected chi connectivity index (χ1v) is 7.57. The fourth-order valence-electron chi connectivity index (χ4n) is 2.12. The van der Waals surface area contributed by atoms with E-state index >= 15 is 0 Å². The normalized spacial score (nSPS) is 11.0. The van der Waals surface area contributed by atoms with Crippen LogP contribution in [0.25, 0.3) is 17.1 Å². The standard InChI is InChI=1S/C17H20N4O2/c1-2-3-10-21(12-16(18)22)17(23)9-8-13-11-19-14-6-4-5-7-15(14)20-13/h4-9,11H,2-3,10,12H2,1H3,(H2,18,22). The summed E-state index contributed by atoms with van der Waals surface area (Å²) in [6.45, 7) is 2.45. The fraction of sp³-hybridized carbons (Fsp3) is 0.294. The Morgan fingerprint density at radius 2 is 2.00 bits per heavy atom. The smallest absolute Gasteiger partial charge is 0.247 e. The lowest BCUT2D eigenvalue weighted by Gasteiger charge is -2.18. The van der Waals surface area contributed by atoms with Crippen molar-refractivity contribution in [2.24, 2.45) is 5.73 Å². The van der Waals surface area contributed by atoms with Crippen LogP contribution in [0.15, 0.2) is 36.5 Å². The molecule has 2 rings (SSSR count). The Morgan fingerprint density at radius 3 is 2.70 bits per heavy atom. The summed E-state index contributed by atoms with van der Waals surface area (Å²) < 4.78 is 0. The van der Waals surface area contributed by atoms with Gasteiger partial charge in [0, 0.05) is 12.6 Å².